The Kier molecular flexibility index (Phi) is 5.41. The van der Waals surface area contributed by atoms with Crippen molar-refractivity contribution in [3.05, 3.63) is 29.6 Å². The van der Waals surface area contributed by atoms with E-state index in [-0.39, 0.29) is 11.9 Å². The molecule has 0 saturated heterocycles. The summed E-state index contributed by atoms with van der Waals surface area (Å²) in [4.78, 5) is 0. The largest absolute Gasteiger partial charge is 0.490 e. The Hall–Kier alpha value is -1.09. The summed E-state index contributed by atoms with van der Waals surface area (Å²) in [5.41, 5.74) is 1.02. The van der Waals surface area contributed by atoms with E-state index in [1.807, 2.05) is 0 Å². The molecular formula is C17H26FNO. The summed E-state index contributed by atoms with van der Waals surface area (Å²) in [5.74, 6) is 1.33. The van der Waals surface area contributed by atoms with Crippen molar-refractivity contribution in [3.8, 4) is 5.75 Å². The highest BCUT2D eigenvalue weighted by Gasteiger charge is 2.25. The first-order valence-corrected chi connectivity index (χ1v) is 7.77. The van der Waals surface area contributed by atoms with Gasteiger partial charge in [0.1, 0.15) is 17.7 Å². The third-order valence-electron chi connectivity index (χ3n) is 3.87. The van der Waals surface area contributed by atoms with Crippen LogP contribution in [0, 0.1) is 11.7 Å². The predicted octanol–water partition coefficient (Wildman–Crippen LogP) is 3.93. The molecule has 1 aliphatic heterocycles. The molecule has 0 bridgehead atoms. The van der Waals surface area contributed by atoms with Gasteiger partial charge in [-0.15, -0.1) is 0 Å². The van der Waals surface area contributed by atoms with Gasteiger partial charge in [0.15, 0.2) is 0 Å². The van der Waals surface area contributed by atoms with E-state index in [9.17, 15) is 4.39 Å². The molecule has 1 N–H and O–H groups in total. The van der Waals surface area contributed by atoms with E-state index in [1.54, 1.807) is 12.1 Å². The van der Waals surface area contributed by atoms with E-state index >= 15 is 0 Å². The lowest BCUT2D eigenvalue weighted by Gasteiger charge is -2.22. The Bertz CT molecular complexity index is 433. The van der Waals surface area contributed by atoms with Crippen LogP contribution in [0.2, 0.25) is 0 Å². The van der Waals surface area contributed by atoms with Crippen LogP contribution in [-0.4, -0.2) is 18.7 Å². The number of benzene rings is 1. The number of hydrogen-bond acceptors (Lipinski definition) is 2. The molecule has 0 radical (unpaired) electrons. The number of rotatable bonds is 7. The summed E-state index contributed by atoms with van der Waals surface area (Å²) in [6.45, 7) is 7.61. The second kappa shape index (κ2) is 7.07. The fourth-order valence-electron chi connectivity index (χ4n) is 2.91. The fraction of sp³-hybridized carbons (Fsp3) is 0.647. The molecule has 0 amide bonds. The molecule has 2 unspecified atom stereocenters. The smallest absolute Gasteiger partial charge is 0.123 e. The van der Waals surface area contributed by atoms with Crippen LogP contribution in [-0.2, 0) is 6.42 Å². The van der Waals surface area contributed by atoms with Gasteiger partial charge < -0.3 is 10.1 Å². The summed E-state index contributed by atoms with van der Waals surface area (Å²) in [6, 6.07) is 5.36. The van der Waals surface area contributed by atoms with Crippen molar-refractivity contribution in [3.63, 3.8) is 0 Å². The molecule has 112 valence electrons. The summed E-state index contributed by atoms with van der Waals surface area (Å²) in [5, 5.41) is 3.52. The molecule has 3 heteroatoms. The van der Waals surface area contributed by atoms with E-state index < -0.39 is 0 Å². The Morgan fingerprint density at radius 3 is 2.90 bits per heavy atom. The fourth-order valence-corrected chi connectivity index (χ4v) is 2.91. The monoisotopic (exact) mass is 279 g/mol. The first-order chi connectivity index (χ1) is 9.58. The van der Waals surface area contributed by atoms with E-state index in [1.165, 1.54) is 18.9 Å². The first kappa shape index (κ1) is 15.3. The summed E-state index contributed by atoms with van der Waals surface area (Å²) < 4.78 is 19.2. The van der Waals surface area contributed by atoms with Crippen LogP contribution in [0.4, 0.5) is 4.39 Å². The van der Waals surface area contributed by atoms with Gasteiger partial charge in [0.2, 0.25) is 0 Å². The molecule has 2 atom stereocenters. The SMILES string of the molecule is CCCC(CNC(C)C)CC1Cc2cc(F)ccc2O1. The van der Waals surface area contributed by atoms with Crippen molar-refractivity contribution in [2.75, 3.05) is 6.54 Å². The molecule has 0 aromatic heterocycles. The standard InChI is InChI=1S/C17H26FNO/c1-4-5-13(11-19-12(2)3)8-16-10-14-9-15(18)6-7-17(14)20-16/h6-7,9,12-13,16,19H,4-5,8,10-11H2,1-3H3. The maximum Gasteiger partial charge on any atom is 0.123 e. The molecule has 1 heterocycles. The molecule has 0 saturated carbocycles. The number of halogens is 1. The number of ether oxygens (including phenoxy) is 1. The highest BCUT2D eigenvalue weighted by atomic mass is 19.1. The summed E-state index contributed by atoms with van der Waals surface area (Å²) in [7, 11) is 0. The van der Waals surface area contributed by atoms with Gasteiger partial charge in [-0.2, -0.15) is 0 Å². The average molecular weight is 279 g/mol. The first-order valence-electron chi connectivity index (χ1n) is 7.77. The highest BCUT2D eigenvalue weighted by Crippen LogP contribution is 2.32. The van der Waals surface area contributed by atoms with Crippen LogP contribution in [0.15, 0.2) is 18.2 Å². The van der Waals surface area contributed by atoms with Gasteiger partial charge in [-0.05, 0) is 43.5 Å². The Labute approximate surface area is 121 Å². The zero-order chi connectivity index (χ0) is 14.5. The van der Waals surface area contributed by atoms with Gasteiger partial charge in [0.25, 0.3) is 0 Å². The van der Waals surface area contributed by atoms with Crippen molar-refractivity contribution in [1.82, 2.24) is 5.32 Å². The molecule has 2 rings (SSSR count). The minimum atomic E-state index is -0.167. The van der Waals surface area contributed by atoms with Crippen molar-refractivity contribution in [2.45, 2.75) is 58.6 Å². The Morgan fingerprint density at radius 2 is 2.20 bits per heavy atom. The molecular weight excluding hydrogens is 253 g/mol. The molecule has 0 spiro atoms. The Morgan fingerprint density at radius 1 is 1.40 bits per heavy atom. The van der Waals surface area contributed by atoms with Gasteiger partial charge in [0.05, 0.1) is 0 Å². The third-order valence-corrected chi connectivity index (χ3v) is 3.87. The zero-order valence-corrected chi connectivity index (χ0v) is 12.8. The van der Waals surface area contributed by atoms with Crippen molar-refractivity contribution in [2.24, 2.45) is 5.92 Å². The molecule has 1 aromatic rings. The van der Waals surface area contributed by atoms with E-state index in [4.69, 9.17) is 4.74 Å². The van der Waals surface area contributed by atoms with Crippen LogP contribution in [0.3, 0.4) is 0 Å². The van der Waals surface area contributed by atoms with Crippen LogP contribution < -0.4 is 10.1 Å². The average Bonchev–Trinajstić information content (AvgIpc) is 2.77. The maximum absolute atomic E-state index is 13.2. The number of nitrogens with one attached hydrogen (secondary N) is 1. The molecule has 1 aliphatic rings. The lowest BCUT2D eigenvalue weighted by molar-refractivity contribution is 0.186. The van der Waals surface area contributed by atoms with Gasteiger partial charge in [-0.3, -0.25) is 0 Å². The predicted molar refractivity (Wildman–Crippen MR) is 80.7 cm³/mol. The lowest BCUT2D eigenvalue weighted by atomic mass is 9.94. The molecule has 0 fully saturated rings. The zero-order valence-electron chi connectivity index (χ0n) is 12.8. The van der Waals surface area contributed by atoms with Crippen LogP contribution in [0.1, 0.15) is 45.6 Å². The van der Waals surface area contributed by atoms with Crippen LogP contribution in [0.25, 0.3) is 0 Å². The van der Waals surface area contributed by atoms with E-state index in [0.717, 1.165) is 30.7 Å². The molecule has 1 aromatic carbocycles. The lowest BCUT2D eigenvalue weighted by Crippen LogP contribution is -2.31. The normalized spacial score (nSPS) is 18.9. The van der Waals surface area contributed by atoms with Crippen molar-refractivity contribution >= 4 is 0 Å². The highest BCUT2D eigenvalue weighted by molar-refractivity contribution is 5.37. The number of hydrogen-bond donors (Lipinski definition) is 1. The molecule has 0 aliphatic carbocycles. The van der Waals surface area contributed by atoms with Gasteiger partial charge in [-0.25, -0.2) is 4.39 Å². The summed E-state index contributed by atoms with van der Waals surface area (Å²) >= 11 is 0. The van der Waals surface area contributed by atoms with Crippen molar-refractivity contribution < 1.29 is 9.13 Å². The van der Waals surface area contributed by atoms with Gasteiger partial charge in [0, 0.05) is 18.0 Å². The van der Waals surface area contributed by atoms with Gasteiger partial charge in [-0.1, -0.05) is 27.2 Å². The summed E-state index contributed by atoms with van der Waals surface area (Å²) in [6.07, 6.45) is 4.50. The maximum atomic E-state index is 13.2. The molecule has 2 nitrogen and oxygen atoms in total. The van der Waals surface area contributed by atoms with Gasteiger partial charge >= 0.3 is 0 Å². The van der Waals surface area contributed by atoms with Crippen molar-refractivity contribution in [1.29, 1.82) is 0 Å². The second-order valence-corrected chi connectivity index (χ2v) is 6.15. The Balaban J connectivity index is 1.89. The minimum absolute atomic E-state index is 0.167. The third kappa shape index (κ3) is 4.20. The number of fused-ring (bicyclic) bond motifs is 1. The minimum Gasteiger partial charge on any atom is -0.490 e. The topological polar surface area (TPSA) is 21.3 Å². The van der Waals surface area contributed by atoms with E-state index in [0.29, 0.717) is 12.0 Å². The second-order valence-electron chi connectivity index (χ2n) is 6.15. The van der Waals surface area contributed by atoms with E-state index in [2.05, 4.69) is 26.1 Å². The quantitative estimate of drug-likeness (QED) is 0.816. The van der Waals surface area contributed by atoms with Crippen LogP contribution in [0.5, 0.6) is 5.75 Å². The molecule has 20 heavy (non-hydrogen) atoms. The van der Waals surface area contributed by atoms with Crippen LogP contribution >= 0.6 is 0 Å².